The van der Waals surface area contributed by atoms with E-state index in [0.29, 0.717) is 19.4 Å². The molecule has 7 nitrogen and oxygen atoms in total. The lowest BCUT2D eigenvalue weighted by Gasteiger charge is -2.53. The van der Waals surface area contributed by atoms with Crippen LogP contribution in [0.2, 0.25) is 0 Å². The first kappa shape index (κ1) is 12.3. The number of carbonyl (C=O) groups excluding carboxylic acids is 3. The molecule has 1 unspecified atom stereocenters. The van der Waals surface area contributed by atoms with Crippen LogP contribution in [-0.4, -0.2) is 39.8 Å². The van der Waals surface area contributed by atoms with Gasteiger partial charge in [-0.25, -0.2) is 4.79 Å². The number of imide groups is 1. The van der Waals surface area contributed by atoms with Crippen molar-refractivity contribution in [1.82, 2.24) is 20.5 Å². The molecule has 21 heavy (non-hydrogen) atoms. The van der Waals surface area contributed by atoms with E-state index < -0.39 is 5.54 Å². The molecule has 3 saturated heterocycles. The Bertz CT molecular complexity index is 639. The highest BCUT2D eigenvalue weighted by atomic mass is 16.2. The van der Waals surface area contributed by atoms with Gasteiger partial charge in [-0.05, 0) is 24.5 Å². The van der Waals surface area contributed by atoms with Crippen molar-refractivity contribution in [1.29, 1.82) is 0 Å². The Hall–Kier alpha value is -2.44. The lowest BCUT2D eigenvalue weighted by Crippen LogP contribution is -2.73. The molecule has 0 spiro atoms. The molecule has 108 valence electrons. The predicted octanol–water partition coefficient (Wildman–Crippen LogP) is -0.0469. The van der Waals surface area contributed by atoms with Crippen LogP contribution in [0.15, 0.2) is 24.5 Å². The molecule has 4 heterocycles. The zero-order chi connectivity index (χ0) is 14.6. The van der Waals surface area contributed by atoms with Crippen molar-refractivity contribution >= 4 is 17.8 Å². The molecule has 0 radical (unpaired) electrons. The minimum Gasteiger partial charge on any atom is -0.329 e. The van der Waals surface area contributed by atoms with E-state index in [1.807, 2.05) is 12.1 Å². The van der Waals surface area contributed by atoms with E-state index in [1.165, 1.54) is 0 Å². The Morgan fingerprint density at radius 2 is 2.10 bits per heavy atom. The third kappa shape index (κ3) is 1.60. The molecule has 0 aromatic carbocycles. The van der Waals surface area contributed by atoms with Gasteiger partial charge in [0.05, 0.1) is 6.04 Å². The van der Waals surface area contributed by atoms with Gasteiger partial charge in [-0.1, -0.05) is 6.07 Å². The van der Waals surface area contributed by atoms with Crippen LogP contribution in [0, 0.1) is 5.92 Å². The number of nitrogens with one attached hydrogen (secondary N) is 2. The Kier molecular flexibility index (Phi) is 2.36. The fraction of sp³-hybridized carbons (Fsp3) is 0.429. The van der Waals surface area contributed by atoms with Crippen LogP contribution in [-0.2, 0) is 9.59 Å². The molecular weight excluding hydrogens is 272 g/mol. The number of pyridine rings is 1. The Morgan fingerprint density at radius 1 is 1.29 bits per heavy atom. The highest BCUT2D eigenvalue weighted by Crippen LogP contribution is 2.47. The number of hydrogen-bond donors (Lipinski definition) is 2. The second-order valence-electron chi connectivity index (χ2n) is 5.85. The summed E-state index contributed by atoms with van der Waals surface area (Å²) in [5, 5.41) is 5.24. The molecule has 2 bridgehead atoms. The van der Waals surface area contributed by atoms with Crippen molar-refractivity contribution in [2.45, 2.75) is 24.4 Å². The molecule has 1 aromatic heterocycles. The number of rotatable bonds is 2. The van der Waals surface area contributed by atoms with Crippen LogP contribution in [0.1, 0.15) is 24.4 Å². The van der Waals surface area contributed by atoms with Gasteiger partial charge in [-0.3, -0.25) is 19.9 Å². The Labute approximate surface area is 120 Å². The first-order valence-electron chi connectivity index (χ1n) is 6.93. The number of carbonyl (C=O) groups is 3. The topological polar surface area (TPSA) is 91.4 Å². The van der Waals surface area contributed by atoms with Gasteiger partial charge in [0.15, 0.2) is 0 Å². The fourth-order valence-corrected chi connectivity index (χ4v) is 3.48. The number of urea groups is 1. The number of piperidine rings is 2. The Morgan fingerprint density at radius 3 is 2.76 bits per heavy atom. The second-order valence-corrected chi connectivity index (χ2v) is 5.85. The van der Waals surface area contributed by atoms with E-state index in [0.717, 1.165) is 5.56 Å². The summed E-state index contributed by atoms with van der Waals surface area (Å²) < 4.78 is 0. The van der Waals surface area contributed by atoms with Crippen LogP contribution < -0.4 is 10.6 Å². The van der Waals surface area contributed by atoms with Crippen LogP contribution in [0.5, 0.6) is 0 Å². The van der Waals surface area contributed by atoms with E-state index in [2.05, 4.69) is 15.6 Å². The highest BCUT2D eigenvalue weighted by Gasteiger charge is 2.63. The van der Waals surface area contributed by atoms with E-state index in [4.69, 9.17) is 0 Å². The van der Waals surface area contributed by atoms with Gasteiger partial charge < -0.3 is 10.2 Å². The zero-order valence-corrected chi connectivity index (χ0v) is 11.2. The molecule has 3 aliphatic heterocycles. The minimum absolute atomic E-state index is 0.145. The van der Waals surface area contributed by atoms with E-state index in [1.54, 1.807) is 17.3 Å². The maximum absolute atomic E-state index is 12.2. The van der Waals surface area contributed by atoms with Crippen LogP contribution in [0.25, 0.3) is 0 Å². The van der Waals surface area contributed by atoms with Crippen molar-refractivity contribution in [3.8, 4) is 0 Å². The summed E-state index contributed by atoms with van der Waals surface area (Å²) in [7, 11) is 0. The van der Waals surface area contributed by atoms with Crippen LogP contribution in [0.3, 0.4) is 0 Å². The average Bonchev–Trinajstić information content (AvgIpc) is 2.81. The lowest BCUT2D eigenvalue weighted by molar-refractivity contribution is -0.159. The van der Waals surface area contributed by atoms with Crippen molar-refractivity contribution < 1.29 is 14.4 Å². The smallest absolute Gasteiger partial charge is 0.318 e. The molecule has 5 rings (SSSR count). The minimum atomic E-state index is -0.848. The van der Waals surface area contributed by atoms with Gasteiger partial charge in [-0.15, -0.1) is 0 Å². The number of hydrogen-bond acceptors (Lipinski definition) is 4. The number of aromatic nitrogens is 1. The lowest BCUT2D eigenvalue weighted by atomic mass is 9.63. The van der Waals surface area contributed by atoms with E-state index in [9.17, 15) is 14.4 Å². The van der Waals surface area contributed by atoms with Crippen molar-refractivity contribution in [3.63, 3.8) is 0 Å². The largest absolute Gasteiger partial charge is 0.329 e. The predicted molar refractivity (Wildman–Crippen MR) is 70.8 cm³/mol. The summed E-state index contributed by atoms with van der Waals surface area (Å²) in [5.41, 5.74) is 0.0625. The molecule has 4 amide bonds. The highest BCUT2D eigenvalue weighted by molar-refractivity contribution is 6.08. The molecule has 2 N–H and O–H groups in total. The summed E-state index contributed by atoms with van der Waals surface area (Å²) in [6, 6.07) is 3.28. The first-order valence-corrected chi connectivity index (χ1v) is 6.93. The molecule has 7 heteroatoms. The van der Waals surface area contributed by atoms with E-state index in [-0.39, 0.29) is 29.8 Å². The number of amides is 4. The normalized spacial score (nSPS) is 34.3. The first-order chi connectivity index (χ1) is 10.1. The van der Waals surface area contributed by atoms with Gasteiger partial charge in [0.25, 0.3) is 5.91 Å². The molecule has 4 aliphatic rings. The number of nitrogens with zero attached hydrogens (tertiary/aromatic N) is 2. The fourth-order valence-electron chi connectivity index (χ4n) is 3.48. The van der Waals surface area contributed by atoms with Gasteiger partial charge in [0.2, 0.25) is 5.91 Å². The van der Waals surface area contributed by atoms with E-state index >= 15 is 0 Å². The molecule has 1 aliphatic carbocycles. The van der Waals surface area contributed by atoms with Crippen molar-refractivity contribution in [3.05, 3.63) is 30.1 Å². The molecule has 4 fully saturated rings. The summed E-state index contributed by atoms with van der Waals surface area (Å²) in [4.78, 5) is 41.5. The SMILES string of the molecule is O=C1NC(=O)C2(N3CC(c4cccnc4)NC3=O)CC1C2. The summed E-state index contributed by atoms with van der Waals surface area (Å²) in [6.07, 6.45) is 4.25. The average molecular weight is 286 g/mol. The summed E-state index contributed by atoms with van der Waals surface area (Å²) >= 11 is 0. The van der Waals surface area contributed by atoms with Crippen molar-refractivity contribution in [2.75, 3.05) is 6.54 Å². The summed E-state index contributed by atoms with van der Waals surface area (Å²) in [6.45, 7) is 0.416. The van der Waals surface area contributed by atoms with Crippen LogP contribution >= 0.6 is 0 Å². The third-order valence-electron chi connectivity index (χ3n) is 4.71. The quantitative estimate of drug-likeness (QED) is 0.746. The third-order valence-corrected chi connectivity index (χ3v) is 4.71. The maximum Gasteiger partial charge on any atom is 0.318 e. The standard InChI is InChI=1S/C14H14N4O3/c19-11-9-4-14(5-9,12(20)17-11)18-7-10(16-13(18)21)8-2-1-3-15-6-8/h1-3,6,9-10H,4-5,7H2,(H,16,21)(H,17,19,20). The molecule has 1 aromatic rings. The Balaban J connectivity index is 1.59. The molecule has 1 atom stereocenters. The van der Waals surface area contributed by atoms with Crippen LogP contribution in [0.4, 0.5) is 4.79 Å². The van der Waals surface area contributed by atoms with Gasteiger partial charge >= 0.3 is 6.03 Å². The number of fused-ring (bicyclic) bond motifs is 2. The molecule has 1 saturated carbocycles. The zero-order valence-electron chi connectivity index (χ0n) is 11.2. The second kappa shape index (κ2) is 4.03. The summed E-state index contributed by atoms with van der Waals surface area (Å²) in [5.74, 6) is -0.713. The maximum atomic E-state index is 12.2. The van der Waals surface area contributed by atoms with Gasteiger partial charge in [0.1, 0.15) is 5.54 Å². The van der Waals surface area contributed by atoms with Gasteiger partial charge in [0, 0.05) is 24.9 Å². The van der Waals surface area contributed by atoms with Crippen molar-refractivity contribution in [2.24, 2.45) is 5.92 Å². The monoisotopic (exact) mass is 286 g/mol. The molecular formula is C14H14N4O3. The van der Waals surface area contributed by atoms with Gasteiger partial charge in [-0.2, -0.15) is 0 Å².